The third kappa shape index (κ3) is 2.80. The highest BCUT2D eigenvalue weighted by Crippen LogP contribution is 2.60. The predicted molar refractivity (Wildman–Crippen MR) is 85.8 cm³/mol. The number of halogens is 1. The van der Waals surface area contributed by atoms with Gasteiger partial charge in [0, 0.05) is 17.3 Å². The Hall–Kier alpha value is -0.0500. The van der Waals surface area contributed by atoms with Crippen LogP contribution in [0.15, 0.2) is 0 Å². The number of nitrogens with one attached hydrogen (secondary N) is 1. The average molecular weight is 342 g/mol. The van der Waals surface area contributed by atoms with Gasteiger partial charge in [0.25, 0.3) is 0 Å². The lowest BCUT2D eigenvalue weighted by atomic mass is 9.49. The first-order valence-electron chi connectivity index (χ1n) is 8.27. The van der Waals surface area contributed by atoms with Crippen LogP contribution in [-0.2, 0) is 4.79 Å². The van der Waals surface area contributed by atoms with Crippen molar-refractivity contribution in [2.75, 3.05) is 11.9 Å². The highest BCUT2D eigenvalue weighted by atomic mass is 79.9. The summed E-state index contributed by atoms with van der Waals surface area (Å²) in [6.45, 7) is 5.31. The molecule has 4 bridgehead atoms. The van der Waals surface area contributed by atoms with Crippen LogP contribution in [0.5, 0.6) is 0 Å². The molecule has 1 N–H and O–H groups in total. The van der Waals surface area contributed by atoms with Gasteiger partial charge >= 0.3 is 0 Å². The van der Waals surface area contributed by atoms with Crippen LogP contribution in [0.25, 0.3) is 0 Å². The molecule has 4 fully saturated rings. The number of rotatable bonds is 5. The third-order valence-electron chi connectivity index (χ3n) is 6.02. The molecule has 0 radical (unpaired) electrons. The van der Waals surface area contributed by atoms with Crippen LogP contribution < -0.4 is 5.32 Å². The summed E-state index contributed by atoms with van der Waals surface area (Å²) in [6.07, 6.45) is 8.83. The van der Waals surface area contributed by atoms with Crippen LogP contribution in [0.1, 0.15) is 58.8 Å². The topological polar surface area (TPSA) is 29.1 Å². The molecule has 0 heterocycles. The maximum atomic E-state index is 12.8. The Labute approximate surface area is 131 Å². The summed E-state index contributed by atoms with van der Waals surface area (Å²) < 4.78 is 0. The van der Waals surface area contributed by atoms with E-state index in [2.05, 4.69) is 35.1 Å². The highest BCUT2D eigenvalue weighted by Gasteiger charge is 2.54. The fourth-order valence-corrected chi connectivity index (χ4v) is 6.31. The lowest BCUT2D eigenvalue weighted by Crippen LogP contribution is -2.54. The van der Waals surface area contributed by atoms with Gasteiger partial charge in [-0.05, 0) is 68.1 Å². The molecule has 4 aliphatic rings. The van der Waals surface area contributed by atoms with Crippen molar-refractivity contribution >= 4 is 21.8 Å². The van der Waals surface area contributed by atoms with E-state index in [1.54, 1.807) is 0 Å². The van der Waals surface area contributed by atoms with E-state index in [1.807, 2.05) is 0 Å². The van der Waals surface area contributed by atoms with E-state index in [9.17, 15) is 4.79 Å². The van der Waals surface area contributed by atoms with Gasteiger partial charge in [-0.1, -0.05) is 29.8 Å². The molecular formula is C17H28BrNO. The molecule has 2 nitrogen and oxygen atoms in total. The summed E-state index contributed by atoms with van der Waals surface area (Å²) in [4.78, 5) is 12.8. The first-order valence-corrected chi connectivity index (χ1v) is 9.39. The Balaban J connectivity index is 1.62. The molecule has 4 saturated carbocycles. The van der Waals surface area contributed by atoms with Crippen molar-refractivity contribution in [1.29, 1.82) is 0 Å². The molecule has 0 saturated heterocycles. The second-order valence-corrected chi connectivity index (χ2v) is 9.28. The molecule has 114 valence electrons. The fraction of sp³-hybridized carbons (Fsp3) is 0.941. The molecule has 4 aliphatic carbocycles. The second kappa shape index (κ2) is 5.30. The quantitative estimate of drug-likeness (QED) is 0.748. The number of amides is 1. The minimum atomic E-state index is 0.0131. The Kier molecular flexibility index (Phi) is 3.94. The summed E-state index contributed by atoms with van der Waals surface area (Å²) in [5.74, 6) is 2.92. The largest absolute Gasteiger partial charge is 0.355 e. The Morgan fingerprint density at radius 2 is 1.65 bits per heavy atom. The molecule has 0 atom stereocenters. The number of hydrogen-bond donors (Lipinski definition) is 1. The monoisotopic (exact) mass is 341 g/mol. The van der Waals surface area contributed by atoms with Crippen LogP contribution >= 0.6 is 15.9 Å². The third-order valence-corrected chi connectivity index (χ3v) is 6.42. The SMILES string of the molecule is CC(C)(CCBr)CNC(=O)C12CC3CC(CC(C3)C1)C2. The maximum absolute atomic E-state index is 12.8. The Bertz CT molecular complexity index is 355. The number of carbonyl (C=O) groups is 1. The average Bonchev–Trinajstić information content (AvgIpc) is 2.34. The van der Waals surface area contributed by atoms with Crippen LogP contribution in [0.3, 0.4) is 0 Å². The van der Waals surface area contributed by atoms with Crippen LogP contribution in [0, 0.1) is 28.6 Å². The molecule has 1 amide bonds. The number of alkyl halides is 1. The first kappa shape index (κ1) is 14.9. The minimum Gasteiger partial charge on any atom is -0.355 e. The zero-order chi connectivity index (χ0) is 14.4. The lowest BCUT2D eigenvalue weighted by molar-refractivity contribution is -0.146. The second-order valence-electron chi connectivity index (χ2n) is 8.48. The molecule has 4 rings (SSSR count). The predicted octanol–water partition coefficient (Wildman–Crippen LogP) is 4.13. The van der Waals surface area contributed by atoms with Crippen molar-refractivity contribution in [3.8, 4) is 0 Å². The first-order chi connectivity index (χ1) is 9.42. The Morgan fingerprint density at radius 3 is 2.10 bits per heavy atom. The smallest absolute Gasteiger partial charge is 0.226 e. The van der Waals surface area contributed by atoms with Gasteiger partial charge < -0.3 is 5.32 Å². The van der Waals surface area contributed by atoms with Crippen molar-refractivity contribution in [2.45, 2.75) is 58.8 Å². The highest BCUT2D eigenvalue weighted by molar-refractivity contribution is 9.09. The molecule has 0 aliphatic heterocycles. The summed E-state index contributed by atoms with van der Waals surface area (Å²) in [7, 11) is 0. The Morgan fingerprint density at radius 1 is 1.15 bits per heavy atom. The standard InChI is InChI=1S/C17H28BrNO/c1-16(2,3-4-18)11-19-15(20)17-8-12-5-13(9-17)7-14(6-12)10-17/h12-14H,3-11H2,1-2H3,(H,19,20). The summed E-state index contributed by atoms with van der Waals surface area (Å²) in [5, 5.41) is 4.31. The van der Waals surface area contributed by atoms with Crippen molar-refractivity contribution in [1.82, 2.24) is 5.32 Å². The molecule has 3 heteroatoms. The molecule has 0 spiro atoms. The minimum absolute atomic E-state index is 0.0131. The van der Waals surface area contributed by atoms with Gasteiger partial charge in [-0.15, -0.1) is 0 Å². The van der Waals surface area contributed by atoms with Gasteiger partial charge in [0.2, 0.25) is 5.91 Å². The normalized spacial score (nSPS) is 39.0. The molecule has 0 unspecified atom stereocenters. The van der Waals surface area contributed by atoms with Gasteiger partial charge in [-0.25, -0.2) is 0 Å². The van der Waals surface area contributed by atoms with Crippen LogP contribution in [-0.4, -0.2) is 17.8 Å². The van der Waals surface area contributed by atoms with Gasteiger partial charge in [-0.3, -0.25) is 4.79 Å². The molecule has 20 heavy (non-hydrogen) atoms. The van der Waals surface area contributed by atoms with Gasteiger partial charge in [0.1, 0.15) is 0 Å². The van der Waals surface area contributed by atoms with E-state index in [4.69, 9.17) is 0 Å². The van der Waals surface area contributed by atoms with E-state index in [-0.39, 0.29) is 10.8 Å². The van der Waals surface area contributed by atoms with E-state index in [0.29, 0.717) is 5.91 Å². The molecule has 0 aromatic heterocycles. The van der Waals surface area contributed by atoms with Gasteiger partial charge in [0.15, 0.2) is 0 Å². The zero-order valence-electron chi connectivity index (χ0n) is 12.9. The lowest BCUT2D eigenvalue weighted by Gasteiger charge is -2.55. The van der Waals surface area contributed by atoms with Gasteiger partial charge in [-0.2, -0.15) is 0 Å². The summed E-state index contributed by atoms with van der Waals surface area (Å²) >= 11 is 3.51. The fourth-order valence-electron chi connectivity index (χ4n) is 5.24. The molecule has 0 aromatic rings. The number of hydrogen-bond acceptors (Lipinski definition) is 1. The van der Waals surface area contributed by atoms with Gasteiger partial charge in [0.05, 0.1) is 0 Å². The van der Waals surface area contributed by atoms with Crippen molar-refractivity contribution < 1.29 is 4.79 Å². The van der Waals surface area contributed by atoms with Crippen LogP contribution in [0.2, 0.25) is 0 Å². The molecule has 0 aromatic carbocycles. The van der Waals surface area contributed by atoms with Crippen molar-refractivity contribution in [3.05, 3.63) is 0 Å². The summed E-state index contributed by atoms with van der Waals surface area (Å²) in [6, 6.07) is 0. The summed E-state index contributed by atoms with van der Waals surface area (Å²) in [5.41, 5.74) is 0.209. The van der Waals surface area contributed by atoms with Crippen molar-refractivity contribution in [3.63, 3.8) is 0 Å². The number of carbonyl (C=O) groups excluding carboxylic acids is 1. The van der Waals surface area contributed by atoms with Crippen LogP contribution in [0.4, 0.5) is 0 Å². The van der Waals surface area contributed by atoms with E-state index in [1.165, 1.54) is 38.5 Å². The van der Waals surface area contributed by atoms with Crippen molar-refractivity contribution in [2.24, 2.45) is 28.6 Å². The zero-order valence-corrected chi connectivity index (χ0v) is 14.5. The molecular weight excluding hydrogens is 314 g/mol. The maximum Gasteiger partial charge on any atom is 0.226 e. The van der Waals surface area contributed by atoms with E-state index < -0.39 is 0 Å². The van der Waals surface area contributed by atoms with E-state index >= 15 is 0 Å². The van der Waals surface area contributed by atoms with E-state index in [0.717, 1.165) is 36.0 Å².